The Kier molecular flexibility index (Phi) is 10.2. The molecule has 0 atom stereocenters. The second kappa shape index (κ2) is 12.9. The Balaban J connectivity index is 2.36. The van der Waals surface area contributed by atoms with Gasteiger partial charge in [0, 0.05) is 18.7 Å². The van der Waals surface area contributed by atoms with Gasteiger partial charge in [-0.25, -0.2) is 4.39 Å². The summed E-state index contributed by atoms with van der Waals surface area (Å²) in [6, 6.07) is 6.59. The van der Waals surface area contributed by atoms with Gasteiger partial charge in [-0.1, -0.05) is 43.4 Å². The predicted molar refractivity (Wildman–Crippen MR) is 134 cm³/mol. The highest BCUT2D eigenvalue weighted by Gasteiger charge is 2.14. The highest BCUT2D eigenvalue weighted by Crippen LogP contribution is 2.31. The molecule has 0 saturated carbocycles. The van der Waals surface area contributed by atoms with Crippen molar-refractivity contribution in [2.24, 2.45) is 5.73 Å². The van der Waals surface area contributed by atoms with Gasteiger partial charge in [0.15, 0.2) is 0 Å². The van der Waals surface area contributed by atoms with E-state index in [1.165, 1.54) is 12.1 Å². The van der Waals surface area contributed by atoms with Crippen LogP contribution in [0.15, 0.2) is 88.9 Å². The van der Waals surface area contributed by atoms with E-state index < -0.39 is 0 Å². The van der Waals surface area contributed by atoms with Crippen LogP contribution in [0.25, 0.3) is 5.57 Å². The molecule has 2 N–H and O–H groups in total. The maximum absolute atomic E-state index is 13.4. The van der Waals surface area contributed by atoms with Crippen LogP contribution in [0.3, 0.4) is 0 Å². The molecule has 4 heteroatoms. The molecule has 1 aromatic rings. The molecule has 32 heavy (non-hydrogen) atoms. The number of hydrogen-bond acceptors (Lipinski definition) is 3. The number of hydrogen-bond donors (Lipinski definition) is 1. The lowest BCUT2D eigenvalue weighted by Crippen LogP contribution is -2.15. The lowest BCUT2D eigenvalue weighted by atomic mass is 9.92. The van der Waals surface area contributed by atoms with Crippen molar-refractivity contribution in [1.82, 2.24) is 4.90 Å². The topological polar surface area (TPSA) is 38.5 Å². The summed E-state index contributed by atoms with van der Waals surface area (Å²) in [5.41, 5.74) is 12.5. The number of nitrogens with zero attached hydrogens (tertiary/aromatic N) is 1. The molecular formula is C28H37FN2O. The summed E-state index contributed by atoms with van der Waals surface area (Å²) in [6.07, 6.45) is 14.9. The smallest absolute Gasteiger partial charge is 0.123 e. The zero-order valence-electron chi connectivity index (χ0n) is 20.1. The average Bonchev–Trinajstić information content (AvgIpc) is 2.77. The summed E-state index contributed by atoms with van der Waals surface area (Å²) in [7, 11) is 4.12. The van der Waals surface area contributed by atoms with E-state index in [-0.39, 0.29) is 5.82 Å². The Morgan fingerprint density at radius 3 is 2.53 bits per heavy atom. The average molecular weight is 437 g/mol. The van der Waals surface area contributed by atoms with Gasteiger partial charge in [0.25, 0.3) is 0 Å². The fourth-order valence-electron chi connectivity index (χ4n) is 3.48. The monoisotopic (exact) mass is 436 g/mol. The third kappa shape index (κ3) is 8.01. The molecule has 0 amide bonds. The maximum Gasteiger partial charge on any atom is 0.123 e. The van der Waals surface area contributed by atoms with Crippen molar-refractivity contribution in [3.63, 3.8) is 0 Å². The van der Waals surface area contributed by atoms with Crippen molar-refractivity contribution < 1.29 is 9.13 Å². The van der Waals surface area contributed by atoms with Gasteiger partial charge in [-0.05, 0) is 92.9 Å². The minimum atomic E-state index is -0.239. The number of allylic oxidation sites excluding steroid dienone is 10. The molecule has 0 saturated heterocycles. The second-order valence-corrected chi connectivity index (χ2v) is 8.28. The minimum Gasteiger partial charge on any atom is -0.498 e. The van der Waals surface area contributed by atoms with Gasteiger partial charge in [0.2, 0.25) is 0 Å². The first-order valence-corrected chi connectivity index (χ1v) is 11.3. The van der Waals surface area contributed by atoms with Crippen LogP contribution >= 0.6 is 0 Å². The molecule has 0 fully saturated rings. The van der Waals surface area contributed by atoms with E-state index in [1.54, 1.807) is 12.1 Å². The third-order valence-corrected chi connectivity index (χ3v) is 5.35. The molecule has 0 unspecified atom stereocenters. The molecule has 172 valence electrons. The lowest BCUT2D eigenvalue weighted by molar-refractivity contribution is 0.191. The van der Waals surface area contributed by atoms with Crippen molar-refractivity contribution in [1.29, 1.82) is 0 Å². The Hall–Kier alpha value is -2.85. The molecule has 3 nitrogen and oxygen atoms in total. The number of benzene rings is 1. The first kappa shape index (κ1) is 25.4. The molecule has 2 rings (SSSR count). The minimum absolute atomic E-state index is 0.239. The highest BCUT2D eigenvalue weighted by atomic mass is 19.1. The fourth-order valence-corrected chi connectivity index (χ4v) is 3.48. The van der Waals surface area contributed by atoms with Crippen molar-refractivity contribution >= 4 is 5.57 Å². The zero-order chi connectivity index (χ0) is 23.5. The van der Waals surface area contributed by atoms with E-state index in [0.29, 0.717) is 13.0 Å². The quantitative estimate of drug-likeness (QED) is 0.334. The first-order valence-electron chi connectivity index (χ1n) is 11.3. The molecule has 0 bridgehead atoms. The highest BCUT2D eigenvalue weighted by molar-refractivity contribution is 5.78. The number of nitrogens with two attached hydrogens (primary N) is 1. The van der Waals surface area contributed by atoms with Gasteiger partial charge < -0.3 is 15.4 Å². The summed E-state index contributed by atoms with van der Waals surface area (Å²) >= 11 is 0. The Labute approximate surface area is 193 Å². The fraction of sp³-hybridized carbons (Fsp3) is 0.357. The predicted octanol–water partition coefficient (Wildman–Crippen LogP) is 6.54. The lowest BCUT2D eigenvalue weighted by Gasteiger charge is -2.20. The molecule has 0 heterocycles. The number of halogens is 1. The van der Waals surface area contributed by atoms with Crippen LogP contribution in [-0.4, -0.2) is 32.1 Å². The SMILES string of the molecule is C\C=C/C=C(CC)/C(N)=C/C(C)=C1/C=C(c2ccc(F)cc2)C=C(OCCCN(C)C)C1. The summed E-state index contributed by atoms with van der Waals surface area (Å²) < 4.78 is 19.6. The van der Waals surface area contributed by atoms with Crippen LogP contribution in [0, 0.1) is 5.82 Å². The van der Waals surface area contributed by atoms with Crippen molar-refractivity contribution in [2.75, 3.05) is 27.2 Å². The third-order valence-electron chi connectivity index (χ3n) is 5.35. The van der Waals surface area contributed by atoms with E-state index in [1.807, 2.05) is 25.2 Å². The molecule has 0 aromatic heterocycles. The molecule has 1 aliphatic carbocycles. The molecule has 1 aromatic carbocycles. The van der Waals surface area contributed by atoms with E-state index in [9.17, 15) is 4.39 Å². The largest absolute Gasteiger partial charge is 0.498 e. The van der Waals surface area contributed by atoms with Crippen molar-refractivity contribution in [3.8, 4) is 0 Å². The van der Waals surface area contributed by atoms with E-state index in [0.717, 1.165) is 58.7 Å². The van der Waals surface area contributed by atoms with Crippen LogP contribution in [0.4, 0.5) is 4.39 Å². The van der Waals surface area contributed by atoms with Crippen LogP contribution in [0.5, 0.6) is 0 Å². The summed E-state index contributed by atoms with van der Waals surface area (Å²) in [5.74, 6) is 0.684. The van der Waals surface area contributed by atoms with Crippen LogP contribution in [0.2, 0.25) is 0 Å². The molecule has 0 spiro atoms. The van der Waals surface area contributed by atoms with Gasteiger partial charge in [-0.2, -0.15) is 0 Å². The Morgan fingerprint density at radius 2 is 1.91 bits per heavy atom. The summed E-state index contributed by atoms with van der Waals surface area (Å²) in [4.78, 5) is 2.15. The Morgan fingerprint density at radius 1 is 1.19 bits per heavy atom. The second-order valence-electron chi connectivity index (χ2n) is 8.28. The summed E-state index contributed by atoms with van der Waals surface area (Å²) in [5, 5.41) is 0. The van der Waals surface area contributed by atoms with Gasteiger partial charge in [0.1, 0.15) is 11.6 Å². The van der Waals surface area contributed by atoms with E-state index in [2.05, 4.69) is 51.1 Å². The van der Waals surface area contributed by atoms with Gasteiger partial charge in [0.05, 0.1) is 6.61 Å². The Bertz CT molecular complexity index is 944. The summed E-state index contributed by atoms with van der Waals surface area (Å²) in [6.45, 7) is 7.82. The van der Waals surface area contributed by atoms with Crippen molar-refractivity contribution in [2.45, 2.75) is 40.0 Å². The molecule has 0 radical (unpaired) electrons. The van der Waals surface area contributed by atoms with Crippen LogP contribution in [0.1, 0.15) is 45.6 Å². The number of rotatable bonds is 10. The normalized spacial score (nSPS) is 17.0. The maximum atomic E-state index is 13.4. The molecule has 1 aliphatic rings. The van der Waals surface area contributed by atoms with Gasteiger partial charge in [-0.3, -0.25) is 0 Å². The van der Waals surface area contributed by atoms with E-state index in [4.69, 9.17) is 10.5 Å². The van der Waals surface area contributed by atoms with Crippen LogP contribution in [-0.2, 0) is 4.74 Å². The number of ether oxygens (including phenoxy) is 1. The van der Waals surface area contributed by atoms with Crippen molar-refractivity contribution in [3.05, 3.63) is 100 Å². The zero-order valence-corrected chi connectivity index (χ0v) is 20.1. The van der Waals surface area contributed by atoms with Gasteiger partial charge >= 0.3 is 0 Å². The van der Waals surface area contributed by atoms with Crippen LogP contribution < -0.4 is 5.73 Å². The molecule has 0 aliphatic heterocycles. The van der Waals surface area contributed by atoms with Gasteiger partial charge in [-0.15, -0.1) is 0 Å². The van der Waals surface area contributed by atoms with E-state index >= 15 is 0 Å². The first-order chi connectivity index (χ1) is 15.3. The standard InChI is InChI=1S/C28H37FN2O/c1-6-8-10-22(7-2)28(30)17-21(3)24-18-25(23-11-13-26(29)14-12-23)20-27(19-24)32-16-9-15-31(4)5/h6,8,10-14,17-18,20H,7,9,15-16,19,30H2,1-5H3/b8-6-,22-10+,24-21-,28-17-. The molecular weight excluding hydrogens is 399 g/mol.